The number of rotatable bonds is 6. The molecule has 1 rings (SSSR count). The second kappa shape index (κ2) is 6.15. The quantitative estimate of drug-likeness (QED) is 0.857. The smallest absolute Gasteiger partial charge is 0.262 e. The zero-order valence-corrected chi connectivity index (χ0v) is 12.2. The fourth-order valence-corrected chi connectivity index (χ4v) is 2.78. The lowest BCUT2D eigenvalue weighted by atomic mass is 10.1. The summed E-state index contributed by atoms with van der Waals surface area (Å²) in [5.41, 5.74) is 0.522. The topological polar surface area (TPSA) is 62.3 Å². The van der Waals surface area contributed by atoms with E-state index in [-0.39, 0.29) is 5.03 Å². The van der Waals surface area contributed by atoms with Crippen molar-refractivity contribution in [3.8, 4) is 0 Å². The third kappa shape index (κ3) is 3.43. The molecule has 0 amide bonds. The summed E-state index contributed by atoms with van der Waals surface area (Å²) in [7, 11) is -0.244. The van der Waals surface area contributed by atoms with Crippen LogP contribution in [0.15, 0.2) is 23.4 Å². The van der Waals surface area contributed by atoms with E-state index >= 15 is 0 Å². The molecule has 0 aliphatic rings. The molecule has 5 nitrogen and oxygen atoms in total. The largest absolute Gasteiger partial charge is 0.386 e. The van der Waals surface area contributed by atoms with Crippen molar-refractivity contribution in [1.82, 2.24) is 9.29 Å². The Kier molecular flexibility index (Phi) is 5.10. The first-order valence-corrected chi connectivity index (χ1v) is 7.42. The van der Waals surface area contributed by atoms with Crippen LogP contribution in [-0.2, 0) is 10.0 Å². The lowest BCUT2D eigenvalue weighted by molar-refractivity contribution is 0.426. The summed E-state index contributed by atoms with van der Waals surface area (Å²) in [5.74, 6) is 0.468. The Morgan fingerprint density at radius 2 is 2.11 bits per heavy atom. The van der Waals surface area contributed by atoms with Crippen LogP contribution in [0.2, 0.25) is 0 Å². The van der Waals surface area contributed by atoms with Crippen LogP contribution in [-0.4, -0.2) is 38.3 Å². The highest BCUT2D eigenvalue weighted by molar-refractivity contribution is 7.89. The summed E-state index contributed by atoms with van der Waals surface area (Å²) in [5, 5.41) is 2.94. The van der Waals surface area contributed by atoms with Gasteiger partial charge in [-0.3, -0.25) is 0 Å². The zero-order valence-electron chi connectivity index (χ0n) is 11.3. The first-order chi connectivity index (χ1) is 8.39. The molecule has 0 saturated heterocycles. The maximum Gasteiger partial charge on any atom is 0.262 e. The van der Waals surface area contributed by atoms with E-state index in [1.165, 1.54) is 10.5 Å². The van der Waals surface area contributed by atoms with E-state index in [0.29, 0.717) is 18.2 Å². The third-order valence-corrected chi connectivity index (χ3v) is 4.53. The molecular weight excluding hydrogens is 250 g/mol. The minimum absolute atomic E-state index is 0.0822. The van der Waals surface area contributed by atoms with E-state index < -0.39 is 10.0 Å². The monoisotopic (exact) mass is 271 g/mol. The first-order valence-electron chi connectivity index (χ1n) is 5.98. The van der Waals surface area contributed by atoms with Crippen LogP contribution in [0.3, 0.4) is 0 Å². The molecule has 0 aliphatic carbocycles. The van der Waals surface area contributed by atoms with E-state index in [4.69, 9.17) is 0 Å². The molecule has 102 valence electrons. The van der Waals surface area contributed by atoms with Gasteiger partial charge in [0.1, 0.15) is 0 Å². The number of anilines is 1. The van der Waals surface area contributed by atoms with Crippen molar-refractivity contribution in [1.29, 1.82) is 0 Å². The van der Waals surface area contributed by atoms with Crippen molar-refractivity contribution in [3.05, 3.63) is 18.3 Å². The highest BCUT2D eigenvalue weighted by Gasteiger charge is 2.24. The minimum atomic E-state index is -3.52. The molecule has 18 heavy (non-hydrogen) atoms. The van der Waals surface area contributed by atoms with Gasteiger partial charge in [-0.25, -0.2) is 13.4 Å². The summed E-state index contributed by atoms with van der Waals surface area (Å²) in [6.45, 7) is 4.64. The third-order valence-electron chi connectivity index (χ3n) is 2.72. The van der Waals surface area contributed by atoms with Crippen LogP contribution < -0.4 is 5.32 Å². The number of nitrogens with zero attached hydrogens (tertiary/aromatic N) is 2. The van der Waals surface area contributed by atoms with Crippen LogP contribution in [0.4, 0.5) is 5.69 Å². The molecule has 0 bridgehead atoms. The standard InChI is InChI=1S/C12H21N3O2S/c1-10(2)7-9-15(4)18(16,17)12-11(13-3)6-5-8-14-12/h5-6,8,10,13H,7,9H2,1-4H3. The molecule has 0 unspecified atom stereocenters. The van der Waals surface area contributed by atoms with Crippen molar-refractivity contribution in [2.45, 2.75) is 25.3 Å². The number of aromatic nitrogens is 1. The molecule has 0 radical (unpaired) electrons. The Morgan fingerprint density at radius 1 is 1.44 bits per heavy atom. The molecule has 1 N–H and O–H groups in total. The van der Waals surface area contributed by atoms with Gasteiger partial charge in [0.05, 0.1) is 5.69 Å². The molecule has 0 fully saturated rings. The number of hydrogen-bond acceptors (Lipinski definition) is 4. The van der Waals surface area contributed by atoms with Crippen LogP contribution in [0, 0.1) is 5.92 Å². The molecule has 1 heterocycles. The van der Waals surface area contributed by atoms with Gasteiger partial charge in [0.15, 0.2) is 5.03 Å². The molecule has 0 atom stereocenters. The fourth-order valence-electron chi connectivity index (χ4n) is 1.49. The Labute approximate surface area is 109 Å². The van der Waals surface area contributed by atoms with Crippen molar-refractivity contribution < 1.29 is 8.42 Å². The predicted molar refractivity (Wildman–Crippen MR) is 73.1 cm³/mol. The molecular formula is C12H21N3O2S. The van der Waals surface area contributed by atoms with E-state index in [2.05, 4.69) is 24.1 Å². The molecule has 0 aliphatic heterocycles. The number of hydrogen-bond donors (Lipinski definition) is 1. The van der Waals surface area contributed by atoms with Crippen LogP contribution in [0.25, 0.3) is 0 Å². The van der Waals surface area contributed by atoms with E-state index in [1.54, 1.807) is 26.2 Å². The Morgan fingerprint density at radius 3 is 2.67 bits per heavy atom. The van der Waals surface area contributed by atoms with Gasteiger partial charge in [-0.15, -0.1) is 0 Å². The van der Waals surface area contributed by atoms with Gasteiger partial charge in [-0.05, 0) is 24.5 Å². The fraction of sp³-hybridized carbons (Fsp3) is 0.583. The van der Waals surface area contributed by atoms with Gasteiger partial charge in [0, 0.05) is 26.8 Å². The van der Waals surface area contributed by atoms with E-state index in [9.17, 15) is 8.42 Å². The predicted octanol–water partition coefficient (Wildman–Crippen LogP) is 1.79. The Bertz CT molecular complexity index is 486. The van der Waals surface area contributed by atoms with Gasteiger partial charge in [0.25, 0.3) is 10.0 Å². The van der Waals surface area contributed by atoms with E-state index in [0.717, 1.165) is 6.42 Å². The average Bonchev–Trinajstić information content (AvgIpc) is 2.35. The maximum atomic E-state index is 12.3. The van der Waals surface area contributed by atoms with Crippen LogP contribution in [0.1, 0.15) is 20.3 Å². The maximum absolute atomic E-state index is 12.3. The SMILES string of the molecule is CNc1cccnc1S(=O)(=O)N(C)CCC(C)C. The Hall–Kier alpha value is -1.14. The molecule has 0 spiro atoms. The minimum Gasteiger partial charge on any atom is -0.386 e. The van der Waals surface area contributed by atoms with E-state index in [1.807, 2.05) is 0 Å². The van der Waals surface area contributed by atoms with Gasteiger partial charge >= 0.3 is 0 Å². The first kappa shape index (κ1) is 14.9. The van der Waals surface area contributed by atoms with Gasteiger partial charge in [-0.1, -0.05) is 13.8 Å². The summed E-state index contributed by atoms with van der Waals surface area (Å²) in [4.78, 5) is 3.98. The van der Waals surface area contributed by atoms with Gasteiger partial charge < -0.3 is 5.32 Å². The molecule has 1 aromatic rings. The van der Waals surface area contributed by atoms with Crippen molar-refractivity contribution in [3.63, 3.8) is 0 Å². The van der Waals surface area contributed by atoms with Crippen molar-refractivity contribution >= 4 is 15.7 Å². The average molecular weight is 271 g/mol. The van der Waals surface area contributed by atoms with Crippen molar-refractivity contribution in [2.75, 3.05) is 26.0 Å². The van der Waals surface area contributed by atoms with Gasteiger partial charge in [-0.2, -0.15) is 4.31 Å². The molecule has 0 aromatic carbocycles. The second-order valence-corrected chi connectivity index (χ2v) is 6.58. The lowest BCUT2D eigenvalue weighted by Gasteiger charge is -2.19. The summed E-state index contributed by atoms with van der Waals surface area (Å²) in [6, 6.07) is 3.41. The highest BCUT2D eigenvalue weighted by atomic mass is 32.2. The van der Waals surface area contributed by atoms with Crippen molar-refractivity contribution in [2.24, 2.45) is 5.92 Å². The summed E-state index contributed by atoms with van der Waals surface area (Å²) in [6.07, 6.45) is 2.32. The zero-order chi connectivity index (χ0) is 13.8. The molecule has 6 heteroatoms. The van der Waals surface area contributed by atoms with Crippen LogP contribution >= 0.6 is 0 Å². The summed E-state index contributed by atoms with van der Waals surface area (Å²) >= 11 is 0. The summed E-state index contributed by atoms with van der Waals surface area (Å²) < 4.78 is 26.1. The highest BCUT2D eigenvalue weighted by Crippen LogP contribution is 2.21. The Balaban J connectivity index is 2.98. The normalized spacial score (nSPS) is 12.1. The lowest BCUT2D eigenvalue weighted by Crippen LogP contribution is -2.29. The molecule has 1 aromatic heterocycles. The number of nitrogens with one attached hydrogen (secondary N) is 1. The number of sulfonamides is 1. The molecule has 0 saturated carbocycles. The van der Waals surface area contributed by atoms with Crippen LogP contribution in [0.5, 0.6) is 0 Å². The van der Waals surface area contributed by atoms with Gasteiger partial charge in [0.2, 0.25) is 0 Å². The number of pyridine rings is 1. The second-order valence-electron chi connectivity index (χ2n) is 4.62.